The van der Waals surface area contributed by atoms with Crippen molar-refractivity contribution >= 4 is 5.91 Å². The molecular formula is C14H14N4O. The van der Waals surface area contributed by atoms with Gasteiger partial charge in [0.25, 0.3) is 0 Å². The summed E-state index contributed by atoms with van der Waals surface area (Å²) >= 11 is 0. The number of nitrogens with zero attached hydrogens (tertiary/aromatic N) is 3. The third kappa shape index (κ3) is 2.73. The van der Waals surface area contributed by atoms with Crippen LogP contribution in [0.1, 0.15) is 17.0 Å². The van der Waals surface area contributed by atoms with Crippen LogP contribution in [0, 0.1) is 22.7 Å². The Morgan fingerprint density at radius 1 is 1.32 bits per heavy atom. The van der Waals surface area contributed by atoms with Gasteiger partial charge in [0, 0.05) is 13.1 Å². The fourth-order valence-electron chi connectivity index (χ4n) is 2.32. The van der Waals surface area contributed by atoms with Crippen LogP contribution in [0.2, 0.25) is 0 Å². The van der Waals surface area contributed by atoms with E-state index in [2.05, 4.69) is 5.32 Å². The molecule has 1 amide bonds. The Labute approximate surface area is 112 Å². The molecule has 2 rings (SSSR count). The van der Waals surface area contributed by atoms with E-state index in [4.69, 9.17) is 10.5 Å². The van der Waals surface area contributed by atoms with Gasteiger partial charge in [-0.1, -0.05) is 24.3 Å². The van der Waals surface area contributed by atoms with Crippen molar-refractivity contribution in [2.75, 3.05) is 19.6 Å². The Hall–Kier alpha value is -2.37. The van der Waals surface area contributed by atoms with Crippen LogP contribution in [0.25, 0.3) is 0 Å². The second-order valence-electron chi connectivity index (χ2n) is 4.39. The van der Waals surface area contributed by atoms with E-state index >= 15 is 0 Å². The molecule has 1 aliphatic heterocycles. The normalized spacial score (nSPS) is 16.8. The molecule has 1 aliphatic rings. The molecule has 96 valence electrons. The zero-order valence-electron chi connectivity index (χ0n) is 10.5. The Kier molecular flexibility index (Phi) is 4.12. The lowest BCUT2D eigenvalue weighted by atomic mass is 9.90. The smallest absolute Gasteiger partial charge is 0.233 e. The van der Waals surface area contributed by atoms with Gasteiger partial charge in [-0.2, -0.15) is 10.5 Å². The van der Waals surface area contributed by atoms with Crippen molar-refractivity contribution in [3.8, 4) is 12.1 Å². The lowest BCUT2D eigenvalue weighted by Gasteiger charge is -2.29. The van der Waals surface area contributed by atoms with Crippen molar-refractivity contribution in [3.05, 3.63) is 35.4 Å². The molecule has 1 aromatic carbocycles. The highest BCUT2D eigenvalue weighted by Gasteiger charge is 2.29. The molecule has 1 heterocycles. The molecule has 0 bridgehead atoms. The number of hydrogen-bond acceptors (Lipinski definition) is 4. The number of rotatable bonds is 3. The topological polar surface area (TPSA) is 79.9 Å². The molecule has 0 fully saturated rings. The van der Waals surface area contributed by atoms with Gasteiger partial charge in [-0.3, -0.25) is 4.79 Å². The second kappa shape index (κ2) is 5.99. The summed E-state index contributed by atoms with van der Waals surface area (Å²) in [5.74, 6) is -0.477. The van der Waals surface area contributed by atoms with Crippen molar-refractivity contribution in [2.45, 2.75) is 12.5 Å². The van der Waals surface area contributed by atoms with Gasteiger partial charge >= 0.3 is 0 Å². The predicted molar refractivity (Wildman–Crippen MR) is 68.7 cm³/mol. The van der Waals surface area contributed by atoms with Gasteiger partial charge in [-0.15, -0.1) is 0 Å². The van der Waals surface area contributed by atoms with E-state index in [0.29, 0.717) is 6.54 Å². The minimum absolute atomic E-state index is 0.0505. The molecule has 1 N–H and O–H groups in total. The first-order chi connectivity index (χ1) is 9.27. The molecule has 1 unspecified atom stereocenters. The van der Waals surface area contributed by atoms with E-state index in [-0.39, 0.29) is 24.9 Å². The third-order valence-electron chi connectivity index (χ3n) is 3.23. The standard InChI is InChI=1S/C14H14N4O/c15-5-7-18(8-6-16)14(19)13-10-17-9-11-3-1-2-4-12(11)13/h1-4,13,17H,7-10H2. The number of hydrogen-bond donors (Lipinski definition) is 1. The van der Waals surface area contributed by atoms with Crippen molar-refractivity contribution < 1.29 is 4.79 Å². The largest absolute Gasteiger partial charge is 0.315 e. The highest BCUT2D eigenvalue weighted by Crippen LogP contribution is 2.25. The molecule has 19 heavy (non-hydrogen) atoms. The quantitative estimate of drug-likeness (QED) is 0.807. The Balaban J connectivity index is 2.25. The molecule has 5 nitrogen and oxygen atoms in total. The van der Waals surface area contributed by atoms with Crippen molar-refractivity contribution in [1.29, 1.82) is 10.5 Å². The summed E-state index contributed by atoms with van der Waals surface area (Å²) in [5.41, 5.74) is 2.09. The molecule has 0 saturated heterocycles. The van der Waals surface area contributed by atoms with Gasteiger partial charge in [0.1, 0.15) is 13.1 Å². The first-order valence-electron chi connectivity index (χ1n) is 6.09. The fourth-order valence-corrected chi connectivity index (χ4v) is 2.32. The molecule has 1 aromatic rings. The average Bonchev–Trinajstić information content (AvgIpc) is 2.46. The summed E-state index contributed by atoms with van der Waals surface area (Å²) in [6.07, 6.45) is 0. The van der Waals surface area contributed by atoms with E-state index in [1.54, 1.807) is 0 Å². The van der Waals surface area contributed by atoms with Crippen LogP contribution in [0.5, 0.6) is 0 Å². The van der Waals surface area contributed by atoms with Gasteiger partial charge in [0.2, 0.25) is 5.91 Å². The number of nitriles is 2. The Morgan fingerprint density at radius 3 is 2.68 bits per heavy atom. The van der Waals surface area contributed by atoms with Gasteiger partial charge in [-0.05, 0) is 11.1 Å². The van der Waals surface area contributed by atoms with Crippen LogP contribution < -0.4 is 5.32 Å². The van der Waals surface area contributed by atoms with Gasteiger partial charge < -0.3 is 10.2 Å². The summed E-state index contributed by atoms with van der Waals surface area (Å²) in [6.45, 7) is 1.19. The van der Waals surface area contributed by atoms with Crippen LogP contribution in [0.4, 0.5) is 0 Å². The maximum Gasteiger partial charge on any atom is 0.233 e. The lowest BCUT2D eigenvalue weighted by Crippen LogP contribution is -2.42. The number of fused-ring (bicyclic) bond motifs is 1. The molecule has 0 saturated carbocycles. The number of benzene rings is 1. The van der Waals surface area contributed by atoms with Crippen molar-refractivity contribution in [3.63, 3.8) is 0 Å². The Bertz CT molecular complexity index is 539. The number of amides is 1. The number of carbonyl (C=O) groups is 1. The zero-order valence-corrected chi connectivity index (χ0v) is 10.5. The predicted octanol–water partition coefficient (Wildman–Crippen LogP) is 0.749. The fraction of sp³-hybridized carbons (Fsp3) is 0.357. The van der Waals surface area contributed by atoms with E-state index in [1.807, 2.05) is 36.4 Å². The van der Waals surface area contributed by atoms with Crippen LogP contribution >= 0.6 is 0 Å². The highest BCUT2D eigenvalue weighted by atomic mass is 16.2. The van der Waals surface area contributed by atoms with E-state index in [9.17, 15) is 4.79 Å². The maximum absolute atomic E-state index is 12.4. The Morgan fingerprint density at radius 2 is 2.00 bits per heavy atom. The van der Waals surface area contributed by atoms with E-state index in [0.717, 1.165) is 17.7 Å². The monoisotopic (exact) mass is 254 g/mol. The van der Waals surface area contributed by atoms with E-state index < -0.39 is 0 Å². The number of carbonyl (C=O) groups excluding carboxylic acids is 1. The van der Waals surface area contributed by atoms with Crippen LogP contribution in [-0.4, -0.2) is 30.4 Å². The van der Waals surface area contributed by atoms with Crippen LogP contribution in [0.15, 0.2) is 24.3 Å². The first kappa shape index (κ1) is 13.1. The van der Waals surface area contributed by atoms with Crippen molar-refractivity contribution in [1.82, 2.24) is 10.2 Å². The first-order valence-corrected chi connectivity index (χ1v) is 6.09. The highest BCUT2D eigenvalue weighted by molar-refractivity contribution is 5.85. The molecule has 0 aliphatic carbocycles. The minimum Gasteiger partial charge on any atom is -0.315 e. The van der Waals surface area contributed by atoms with E-state index in [1.165, 1.54) is 4.90 Å². The molecule has 0 radical (unpaired) electrons. The third-order valence-corrected chi connectivity index (χ3v) is 3.23. The van der Waals surface area contributed by atoms with Crippen molar-refractivity contribution in [2.24, 2.45) is 0 Å². The summed E-state index contributed by atoms with van der Waals surface area (Å²) in [5, 5.41) is 20.7. The lowest BCUT2D eigenvalue weighted by molar-refractivity contribution is -0.131. The SMILES string of the molecule is N#CCN(CC#N)C(=O)C1CNCc2ccccc21. The van der Waals surface area contributed by atoms with Gasteiger partial charge in [0.15, 0.2) is 0 Å². The van der Waals surface area contributed by atoms with Crippen LogP contribution in [0.3, 0.4) is 0 Å². The number of nitrogens with one attached hydrogen (secondary N) is 1. The molecule has 0 spiro atoms. The summed E-state index contributed by atoms with van der Waals surface area (Å²) in [6, 6.07) is 11.6. The minimum atomic E-state index is -0.313. The zero-order chi connectivity index (χ0) is 13.7. The maximum atomic E-state index is 12.4. The molecule has 0 aromatic heterocycles. The summed E-state index contributed by atoms with van der Waals surface area (Å²) in [4.78, 5) is 13.7. The van der Waals surface area contributed by atoms with Crippen LogP contribution in [-0.2, 0) is 11.3 Å². The summed E-state index contributed by atoms with van der Waals surface area (Å²) < 4.78 is 0. The van der Waals surface area contributed by atoms with Gasteiger partial charge in [0.05, 0.1) is 18.1 Å². The second-order valence-corrected chi connectivity index (χ2v) is 4.39. The molecular weight excluding hydrogens is 240 g/mol. The molecule has 5 heteroatoms. The van der Waals surface area contributed by atoms with Gasteiger partial charge in [-0.25, -0.2) is 0 Å². The molecule has 1 atom stereocenters. The average molecular weight is 254 g/mol. The summed E-state index contributed by atoms with van der Waals surface area (Å²) in [7, 11) is 0.